The molecule has 98 valence electrons. The molecule has 1 unspecified atom stereocenters. The lowest BCUT2D eigenvalue weighted by Gasteiger charge is -2.23. The second kappa shape index (κ2) is 6.24. The van der Waals surface area contributed by atoms with Gasteiger partial charge in [-0.3, -0.25) is 0 Å². The summed E-state index contributed by atoms with van der Waals surface area (Å²) in [5.74, 6) is 0. The summed E-state index contributed by atoms with van der Waals surface area (Å²) in [6.45, 7) is 9.25. The summed E-state index contributed by atoms with van der Waals surface area (Å²) >= 11 is 0. The first-order chi connectivity index (χ1) is 8.42. The maximum absolute atomic E-state index is 11.7. The number of hydrogen-bond donors (Lipinski definition) is 1. The van der Waals surface area contributed by atoms with Crippen LogP contribution in [0.2, 0.25) is 0 Å². The van der Waals surface area contributed by atoms with Crippen molar-refractivity contribution < 1.29 is 9.53 Å². The monoisotopic (exact) mass is 247 g/mol. The largest absolute Gasteiger partial charge is 0.444 e. The highest BCUT2D eigenvalue weighted by Gasteiger charge is 2.19. The molecule has 1 N–H and O–H groups in total. The first-order valence-corrected chi connectivity index (χ1v) is 6.08. The molecule has 18 heavy (non-hydrogen) atoms. The number of hydrogen-bond acceptors (Lipinski definition) is 2. The summed E-state index contributed by atoms with van der Waals surface area (Å²) in [6, 6.07) is 9.70. The van der Waals surface area contributed by atoms with Crippen molar-refractivity contribution in [2.45, 2.75) is 38.8 Å². The average molecular weight is 247 g/mol. The highest BCUT2D eigenvalue weighted by Crippen LogP contribution is 2.17. The first kappa shape index (κ1) is 14.3. The molecule has 1 aromatic rings. The Morgan fingerprint density at radius 2 is 2.00 bits per heavy atom. The molecule has 0 aliphatic carbocycles. The van der Waals surface area contributed by atoms with Gasteiger partial charge in [-0.25, -0.2) is 4.79 Å². The summed E-state index contributed by atoms with van der Waals surface area (Å²) in [5, 5.41) is 2.86. The minimum Gasteiger partial charge on any atom is -0.444 e. The molecule has 1 atom stereocenters. The van der Waals surface area contributed by atoms with E-state index in [1.54, 1.807) is 6.08 Å². The third-order valence-electron chi connectivity index (χ3n) is 2.30. The van der Waals surface area contributed by atoms with E-state index >= 15 is 0 Å². The van der Waals surface area contributed by atoms with Crippen LogP contribution < -0.4 is 5.32 Å². The predicted molar refractivity (Wildman–Crippen MR) is 73.4 cm³/mol. The Morgan fingerprint density at radius 3 is 2.50 bits per heavy atom. The Bertz CT molecular complexity index is 393. The molecule has 0 aromatic heterocycles. The van der Waals surface area contributed by atoms with Gasteiger partial charge in [0.2, 0.25) is 0 Å². The van der Waals surface area contributed by atoms with Gasteiger partial charge >= 0.3 is 6.09 Å². The van der Waals surface area contributed by atoms with Gasteiger partial charge in [-0.05, 0) is 32.8 Å². The lowest BCUT2D eigenvalue weighted by molar-refractivity contribution is 0.0504. The van der Waals surface area contributed by atoms with E-state index in [0.29, 0.717) is 6.42 Å². The van der Waals surface area contributed by atoms with Gasteiger partial charge in [0.1, 0.15) is 5.60 Å². The van der Waals surface area contributed by atoms with Crippen molar-refractivity contribution >= 4 is 6.09 Å². The van der Waals surface area contributed by atoms with Crippen LogP contribution in [0, 0.1) is 0 Å². The van der Waals surface area contributed by atoms with Crippen LogP contribution in [0.5, 0.6) is 0 Å². The lowest BCUT2D eigenvalue weighted by Crippen LogP contribution is -2.34. The van der Waals surface area contributed by atoms with Gasteiger partial charge < -0.3 is 10.1 Å². The number of alkyl carbamates (subject to hydrolysis) is 1. The van der Waals surface area contributed by atoms with E-state index in [2.05, 4.69) is 11.9 Å². The minimum absolute atomic E-state index is 0.0986. The number of benzene rings is 1. The third-order valence-corrected chi connectivity index (χ3v) is 2.30. The molecule has 1 rings (SSSR count). The van der Waals surface area contributed by atoms with E-state index in [-0.39, 0.29) is 6.04 Å². The van der Waals surface area contributed by atoms with E-state index in [4.69, 9.17) is 4.74 Å². The van der Waals surface area contributed by atoms with Gasteiger partial charge in [0, 0.05) is 0 Å². The van der Waals surface area contributed by atoms with Crippen LogP contribution in [0.4, 0.5) is 4.79 Å². The van der Waals surface area contributed by atoms with Crippen molar-refractivity contribution in [1.29, 1.82) is 0 Å². The van der Waals surface area contributed by atoms with Crippen molar-refractivity contribution in [3.8, 4) is 0 Å². The molecule has 0 saturated carbocycles. The first-order valence-electron chi connectivity index (χ1n) is 6.08. The van der Waals surface area contributed by atoms with E-state index in [1.807, 2.05) is 51.1 Å². The fraction of sp³-hybridized carbons (Fsp3) is 0.400. The van der Waals surface area contributed by atoms with Crippen molar-refractivity contribution in [3.63, 3.8) is 0 Å². The summed E-state index contributed by atoms with van der Waals surface area (Å²) in [4.78, 5) is 11.7. The van der Waals surface area contributed by atoms with E-state index in [1.165, 1.54) is 0 Å². The van der Waals surface area contributed by atoms with Gasteiger partial charge in [-0.2, -0.15) is 0 Å². The standard InChI is InChI=1S/C15H21NO2/c1-5-9-13(12-10-7-6-8-11-12)16-14(17)18-15(2,3)4/h5-8,10-11,13H,1,9H2,2-4H3,(H,16,17). The van der Waals surface area contributed by atoms with E-state index in [9.17, 15) is 4.79 Å². The van der Waals surface area contributed by atoms with E-state index in [0.717, 1.165) is 5.56 Å². The fourth-order valence-electron chi connectivity index (χ4n) is 1.58. The zero-order valence-corrected chi connectivity index (χ0v) is 11.3. The molecule has 0 aliphatic rings. The lowest BCUT2D eigenvalue weighted by atomic mass is 10.0. The second-order valence-electron chi connectivity index (χ2n) is 5.13. The number of ether oxygens (including phenoxy) is 1. The van der Waals surface area contributed by atoms with Crippen molar-refractivity contribution in [2.24, 2.45) is 0 Å². The summed E-state index contributed by atoms with van der Waals surface area (Å²) in [7, 11) is 0. The number of carbonyl (C=O) groups is 1. The van der Waals surface area contributed by atoms with Crippen LogP contribution in [0.1, 0.15) is 38.8 Å². The molecule has 0 saturated heterocycles. The minimum atomic E-state index is -0.487. The SMILES string of the molecule is C=CCC(NC(=O)OC(C)(C)C)c1ccccc1. The van der Waals surface area contributed by atoms with Gasteiger partial charge in [0.25, 0.3) is 0 Å². The summed E-state index contributed by atoms with van der Waals surface area (Å²) < 4.78 is 5.25. The predicted octanol–water partition coefficient (Wildman–Crippen LogP) is 3.83. The maximum atomic E-state index is 11.7. The van der Waals surface area contributed by atoms with Crippen LogP contribution >= 0.6 is 0 Å². The Morgan fingerprint density at radius 1 is 1.39 bits per heavy atom. The summed E-state index contributed by atoms with van der Waals surface area (Å²) in [5.41, 5.74) is 0.558. The van der Waals surface area contributed by atoms with Crippen LogP contribution in [-0.2, 0) is 4.74 Å². The van der Waals surface area contributed by atoms with Gasteiger partial charge in [0.05, 0.1) is 6.04 Å². The molecule has 0 bridgehead atoms. The van der Waals surface area contributed by atoms with Crippen molar-refractivity contribution in [2.75, 3.05) is 0 Å². The summed E-state index contributed by atoms with van der Waals surface area (Å²) in [6.07, 6.45) is 2.05. The Hall–Kier alpha value is -1.77. The zero-order valence-electron chi connectivity index (χ0n) is 11.3. The number of amides is 1. The molecule has 1 amide bonds. The van der Waals surface area contributed by atoms with Gasteiger partial charge in [0.15, 0.2) is 0 Å². The topological polar surface area (TPSA) is 38.3 Å². The molecular formula is C15H21NO2. The van der Waals surface area contributed by atoms with Gasteiger partial charge in [-0.15, -0.1) is 6.58 Å². The molecule has 0 fully saturated rings. The third kappa shape index (κ3) is 5.04. The smallest absolute Gasteiger partial charge is 0.408 e. The second-order valence-corrected chi connectivity index (χ2v) is 5.13. The molecule has 1 aromatic carbocycles. The maximum Gasteiger partial charge on any atom is 0.408 e. The highest BCUT2D eigenvalue weighted by molar-refractivity contribution is 5.68. The quantitative estimate of drug-likeness (QED) is 0.821. The Kier molecular flexibility index (Phi) is 4.95. The molecule has 0 radical (unpaired) electrons. The molecule has 0 aliphatic heterocycles. The van der Waals surface area contributed by atoms with Crippen LogP contribution in [-0.4, -0.2) is 11.7 Å². The van der Waals surface area contributed by atoms with Crippen molar-refractivity contribution in [3.05, 3.63) is 48.6 Å². The normalized spacial score (nSPS) is 12.6. The molecule has 3 nitrogen and oxygen atoms in total. The molecule has 0 spiro atoms. The molecule has 3 heteroatoms. The average Bonchev–Trinajstić information content (AvgIpc) is 2.27. The van der Waals surface area contributed by atoms with Crippen molar-refractivity contribution in [1.82, 2.24) is 5.32 Å². The Balaban J connectivity index is 2.70. The Labute approximate surface area is 109 Å². The number of rotatable bonds is 4. The van der Waals surface area contributed by atoms with Crippen LogP contribution in [0.3, 0.4) is 0 Å². The van der Waals surface area contributed by atoms with Crippen LogP contribution in [0.25, 0.3) is 0 Å². The van der Waals surface area contributed by atoms with Crippen LogP contribution in [0.15, 0.2) is 43.0 Å². The number of carbonyl (C=O) groups excluding carboxylic acids is 1. The van der Waals surface area contributed by atoms with Gasteiger partial charge in [-0.1, -0.05) is 36.4 Å². The highest BCUT2D eigenvalue weighted by atomic mass is 16.6. The zero-order chi connectivity index (χ0) is 13.6. The molecular weight excluding hydrogens is 226 g/mol. The van der Waals surface area contributed by atoms with E-state index < -0.39 is 11.7 Å². The fourth-order valence-corrected chi connectivity index (χ4v) is 1.58. The number of nitrogens with one attached hydrogen (secondary N) is 1. The molecule has 0 heterocycles.